The molecule has 0 saturated carbocycles. The van der Waals surface area contributed by atoms with Crippen LogP contribution in [0, 0.1) is 0 Å². The van der Waals surface area contributed by atoms with E-state index in [1.165, 1.54) is 0 Å². The summed E-state index contributed by atoms with van der Waals surface area (Å²) in [6.45, 7) is 0.682. The molecular weight excluding hydrogens is 191 g/mol. The van der Waals surface area contributed by atoms with Crippen LogP contribution in [0.4, 0.5) is 0 Å². The minimum atomic E-state index is -0.867. The molecule has 1 aliphatic rings. The molecule has 0 spiro atoms. The van der Waals surface area contributed by atoms with Gasteiger partial charge in [0.15, 0.2) is 12.2 Å². The SMILES string of the molecule is O=C(O)c1ccc2c[nH]c3c2[n+]1C3.[H-].[Na+]. The van der Waals surface area contributed by atoms with Gasteiger partial charge in [0.2, 0.25) is 5.52 Å². The Morgan fingerprint density at radius 2 is 2.36 bits per heavy atom. The normalized spacial score (nSPS) is 12.0. The van der Waals surface area contributed by atoms with Crippen LogP contribution in [0.15, 0.2) is 18.3 Å². The smallest absolute Gasteiger partial charge is 1.00 e. The molecule has 66 valence electrons. The van der Waals surface area contributed by atoms with Gasteiger partial charge in [-0.15, -0.1) is 0 Å². The third-order valence-corrected chi connectivity index (χ3v) is 2.48. The zero-order chi connectivity index (χ0) is 9.00. The average Bonchev–Trinajstić information content (AvgIpc) is 2.40. The van der Waals surface area contributed by atoms with Crippen molar-refractivity contribution < 1.29 is 45.5 Å². The fourth-order valence-corrected chi connectivity index (χ4v) is 1.84. The Labute approximate surface area is 103 Å². The molecule has 2 N–H and O–H groups in total. The van der Waals surface area contributed by atoms with Crippen molar-refractivity contribution in [2.45, 2.75) is 6.54 Å². The van der Waals surface area contributed by atoms with Crippen LogP contribution in [0.25, 0.3) is 10.9 Å². The van der Waals surface area contributed by atoms with Gasteiger partial charge in [-0.25, -0.2) is 4.79 Å². The summed E-state index contributed by atoms with van der Waals surface area (Å²) < 4.78 is 1.81. The van der Waals surface area contributed by atoms with Crippen LogP contribution >= 0.6 is 0 Å². The van der Waals surface area contributed by atoms with E-state index in [1.807, 2.05) is 16.8 Å². The Bertz CT molecular complexity index is 538. The maximum atomic E-state index is 10.8. The summed E-state index contributed by atoms with van der Waals surface area (Å²) in [5.41, 5.74) is 2.51. The van der Waals surface area contributed by atoms with Crippen molar-refractivity contribution in [2.24, 2.45) is 0 Å². The molecule has 2 aromatic rings. The largest absolute Gasteiger partial charge is 1.00 e. The molecule has 2 aromatic heterocycles. The van der Waals surface area contributed by atoms with Crippen molar-refractivity contribution in [1.29, 1.82) is 0 Å². The van der Waals surface area contributed by atoms with Crippen molar-refractivity contribution in [1.82, 2.24) is 4.98 Å². The zero-order valence-electron chi connectivity index (χ0n) is 8.74. The van der Waals surface area contributed by atoms with Gasteiger partial charge in [0.1, 0.15) is 0 Å². The first kappa shape index (κ1) is 9.71. The predicted molar refractivity (Wildman–Crippen MR) is 45.7 cm³/mol. The number of nitrogens with one attached hydrogen (secondary N) is 1. The van der Waals surface area contributed by atoms with Crippen LogP contribution in [-0.2, 0) is 6.54 Å². The molecule has 1 aliphatic heterocycles. The Morgan fingerprint density at radius 3 is 3.07 bits per heavy atom. The number of pyridine rings is 1. The molecule has 0 aliphatic carbocycles. The number of aromatic carboxylic acids is 1. The van der Waals surface area contributed by atoms with Crippen LogP contribution in [0.2, 0.25) is 0 Å². The molecule has 0 radical (unpaired) electrons. The molecule has 0 saturated heterocycles. The van der Waals surface area contributed by atoms with Crippen LogP contribution in [0.5, 0.6) is 0 Å². The van der Waals surface area contributed by atoms with E-state index in [4.69, 9.17) is 5.11 Å². The second-order valence-electron chi connectivity index (χ2n) is 3.18. The van der Waals surface area contributed by atoms with Crippen LogP contribution in [0.3, 0.4) is 0 Å². The minimum Gasteiger partial charge on any atom is -1.00 e. The van der Waals surface area contributed by atoms with Gasteiger partial charge < -0.3 is 11.5 Å². The third-order valence-electron chi connectivity index (χ3n) is 2.48. The van der Waals surface area contributed by atoms with E-state index in [0.717, 1.165) is 16.6 Å². The number of H-pyrrole nitrogens is 1. The van der Waals surface area contributed by atoms with Gasteiger partial charge in [-0.1, -0.05) is 0 Å². The molecule has 0 aromatic carbocycles. The second-order valence-corrected chi connectivity index (χ2v) is 3.18. The molecular formula is C9H8N2NaO2+. The fraction of sp³-hybridized carbons (Fsp3) is 0.111. The minimum absolute atomic E-state index is 0. The standard InChI is InChI=1S/C9H6N2O2.Na.H/c12-9(13)7-2-1-5-3-10-6-4-11(7)8(5)6;;/h1-3H,4H2,(H,12,13);;/q;+1;-1/p+1. The van der Waals surface area contributed by atoms with E-state index < -0.39 is 5.97 Å². The van der Waals surface area contributed by atoms with Gasteiger partial charge in [-0.2, -0.15) is 4.57 Å². The number of nitrogens with zero attached hydrogens (tertiary/aromatic N) is 1. The van der Waals surface area contributed by atoms with Gasteiger partial charge in [-0.3, -0.25) is 0 Å². The number of rotatable bonds is 1. The molecule has 0 atom stereocenters. The van der Waals surface area contributed by atoms with Crippen molar-refractivity contribution in [3.8, 4) is 0 Å². The maximum absolute atomic E-state index is 10.8. The van der Waals surface area contributed by atoms with E-state index in [2.05, 4.69) is 4.98 Å². The molecule has 3 rings (SSSR count). The molecule has 14 heavy (non-hydrogen) atoms. The zero-order valence-corrected chi connectivity index (χ0v) is 9.74. The van der Waals surface area contributed by atoms with Crippen molar-refractivity contribution in [3.05, 3.63) is 29.7 Å². The van der Waals surface area contributed by atoms with Crippen LogP contribution in [-0.4, -0.2) is 16.1 Å². The Morgan fingerprint density at radius 1 is 1.57 bits per heavy atom. The third kappa shape index (κ3) is 1.05. The number of carboxylic acid groups (broad SMARTS) is 1. The number of aromatic amines is 1. The molecule has 0 amide bonds. The van der Waals surface area contributed by atoms with Gasteiger partial charge in [0, 0.05) is 12.3 Å². The van der Waals surface area contributed by atoms with E-state index >= 15 is 0 Å². The van der Waals surface area contributed by atoms with Gasteiger partial charge in [0.05, 0.1) is 5.39 Å². The summed E-state index contributed by atoms with van der Waals surface area (Å²) in [6.07, 6.45) is 1.90. The van der Waals surface area contributed by atoms with Gasteiger partial charge in [-0.05, 0) is 6.07 Å². The summed E-state index contributed by atoms with van der Waals surface area (Å²) in [5.74, 6) is -0.867. The first-order valence-electron chi connectivity index (χ1n) is 4.03. The molecule has 3 heterocycles. The van der Waals surface area contributed by atoms with Crippen LogP contribution in [0.1, 0.15) is 17.6 Å². The molecule has 4 nitrogen and oxygen atoms in total. The van der Waals surface area contributed by atoms with E-state index in [-0.39, 0.29) is 31.0 Å². The predicted octanol–water partition coefficient (Wildman–Crippen LogP) is -2.37. The maximum Gasteiger partial charge on any atom is 1.00 e. The Hall–Kier alpha value is -0.840. The summed E-state index contributed by atoms with van der Waals surface area (Å²) >= 11 is 0. The summed E-state index contributed by atoms with van der Waals surface area (Å²) in [4.78, 5) is 13.9. The topological polar surface area (TPSA) is 57.0 Å². The molecule has 0 bridgehead atoms. The van der Waals surface area contributed by atoms with Crippen molar-refractivity contribution in [2.75, 3.05) is 0 Å². The van der Waals surface area contributed by atoms with E-state index in [1.54, 1.807) is 6.07 Å². The fourth-order valence-electron chi connectivity index (χ4n) is 1.84. The molecule has 5 heteroatoms. The summed E-state index contributed by atoms with van der Waals surface area (Å²) in [6, 6.07) is 3.47. The van der Waals surface area contributed by atoms with Crippen molar-refractivity contribution in [3.63, 3.8) is 0 Å². The Kier molecular flexibility index (Phi) is 2.14. The van der Waals surface area contributed by atoms with Gasteiger partial charge >= 0.3 is 35.5 Å². The monoisotopic (exact) mass is 199 g/mol. The quantitative estimate of drug-likeness (QED) is 0.340. The van der Waals surface area contributed by atoms with Crippen molar-refractivity contribution >= 4 is 16.9 Å². The van der Waals surface area contributed by atoms with Gasteiger partial charge in [0.25, 0.3) is 5.69 Å². The number of carbonyl (C=O) groups is 1. The first-order chi connectivity index (χ1) is 6.27. The molecule has 0 unspecified atom stereocenters. The number of aromatic nitrogens is 2. The Balaban J connectivity index is 0.000000562. The van der Waals surface area contributed by atoms with E-state index in [9.17, 15) is 4.79 Å². The second kappa shape index (κ2) is 3.08. The van der Waals surface area contributed by atoms with Crippen LogP contribution < -0.4 is 34.1 Å². The average molecular weight is 199 g/mol. The summed E-state index contributed by atoms with van der Waals surface area (Å²) in [5, 5.41) is 9.94. The number of carboxylic acids is 1. The van der Waals surface area contributed by atoms with E-state index in [0.29, 0.717) is 12.2 Å². The number of hydrogen-bond acceptors (Lipinski definition) is 1. The first-order valence-corrected chi connectivity index (χ1v) is 4.03. The number of hydrogen-bond donors (Lipinski definition) is 2. The molecule has 0 fully saturated rings. The summed E-state index contributed by atoms with van der Waals surface area (Å²) in [7, 11) is 0.